The van der Waals surface area contributed by atoms with Crippen molar-refractivity contribution in [2.75, 3.05) is 0 Å². The second kappa shape index (κ2) is 17.4. The molecule has 0 unspecified atom stereocenters. The molecule has 13 heteroatoms. The average Bonchev–Trinajstić information content (AvgIpc) is 3.08. The molecule has 65 heavy (non-hydrogen) atoms. The normalized spacial score (nSPS) is 13.3. The van der Waals surface area contributed by atoms with Gasteiger partial charge in [-0.25, -0.2) is 0 Å². The molecule has 0 N–H and O–H groups in total. The van der Waals surface area contributed by atoms with Crippen molar-refractivity contribution in [1.82, 2.24) is 0 Å². The van der Waals surface area contributed by atoms with E-state index in [1.54, 1.807) is 0 Å². The molecule has 0 amide bonds. The molecule has 5 nitrogen and oxygen atoms in total. The van der Waals surface area contributed by atoms with Crippen LogP contribution in [0.3, 0.4) is 0 Å². The van der Waals surface area contributed by atoms with Crippen LogP contribution in [0, 0.1) is 83.1 Å². The predicted molar refractivity (Wildman–Crippen MR) is 255 cm³/mol. The average molecular weight is 925 g/mol. The zero-order valence-electron chi connectivity index (χ0n) is 41.1. The molecule has 0 radical (unpaired) electrons. The van der Waals surface area contributed by atoms with E-state index < -0.39 is 48.5 Å². The molecule has 0 aliphatic rings. The third-order valence-corrected chi connectivity index (χ3v) is 22.6. The fourth-order valence-electron chi connectivity index (χ4n) is 11.7. The van der Waals surface area contributed by atoms with Gasteiger partial charge in [0.15, 0.2) is 0 Å². The zero-order chi connectivity index (χ0) is 49.2. The number of hydrogen-bond acceptors (Lipinski definition) is 5. The third kappa shape index (κ3) is 9.18. The van der Waals surface area contributed by atoms with Gasteiger partial charge in [0.25, 0.3) is 0 Å². The molecule has 0 fully saturated rings. The number of aryl methyl sites for hydroxylation is 11. The van der Waals surface area contributed by atoms with Crippen molar-refractivity contribution in [2.45, 2.75) is 148 Å². The van der Waals surface area contributed by atoms with Gasteiger partial charge >= 0.3 is 383 Å². The molecule has 0 bridgehead atoms. The van der Waals surface area contributed by atoms with Gasteiger partial charge in [-0.3, -0.25) is 0 Å². The van der Waals surface area contributed by atoms with Crippen LogP contribution in [0.1, 0.15) is 108 Å². The summed E-state index contributed by atoms with van der Waals surface area (Å²) < 4.78 is 116. The van der Waals surface area contributed by atoms with Crippen LogP contribution in [0.15, 0.2) is 60.7 Å². The topological polar surface area (TPSA) is 46.2 Å². The molecule has 0 saturated carbocycles. The number of benzene rings is 5. The van der Waals surface area contributed by atoms with Crippen LogP contribution in [-0.4, -0.2) is 30.4 Å². The maximum absolute atomic E-state index is 14.3. The van der Waals surface area contributed by atoms with Crippen LogP contribution in [0.5, 0.6) is 28.7 Å². The number of rotatable bonds is 11. The van der Waals surface area contributed by atoms with Gasteiger partial charge in [0.1, 0.15) is 0 Å². The first-order valence-electron chi connectivity index (χ1n) is 21.7. The number of hydrogen-bond donors (Lipinski definition) is 0. The first-order valence-corrected chi connectivity index (χ1v) is 23.9. The van der Waals surface area contributed by atoms with Gasteiger partial charge in [0.05, 0.1) is 0 Å². The second-order valence-electron chi connectivity index (χ2n) is 19.9. The van der Waals surface area contributed by atoms with E-state index in [1.165, 1.54) is 12.1 Å². The molecular weight excluding hydrogens is 860 g/mol. The van der Waals surface area contributed by atoms with Crippen molar-refractivity contribution >= 4 is 29.8 Å². The van der Waals surface area contributed by atoms with Crippen LogP contribution in [0.4, 0.5) is 26.3 Å². The fraction of sp³-hybridized carbons (Fsp3) is 0.423. The summed E-state index contributed by atoms with van der Waals surface area (Å²) in [5.74, 6) is -0.154. The Bertz CT molecular complexity index is 2460. The monoisotopic (exact) mass is 924 g/mol. The van der Waals surface area contributed by atoms with E-state index in [0.717, 1.165) is 66.2 Å². The van der Waals surface area contributed by atoms with Crippen molar-refractivity contribution in [3.05, 3.63) is 127 Å². The third-order valence-electron chi connectivity index (χ3n) is 12.8. The molecule has 352 valence electrons. The SMILES string of the molecule is Cc1cc(C)c(OB(Oc2c(C)cc(C)cc2C)Oc2c(C)cc(C)c(P(c3cc(OC(F)(F)F)cc(OC(F)(F)F)c3)(c3c(C)cc(C)cc3C)(C(C)(C)C)C(C)(C)C)c2C)c(C)c1. The second-order valence-corrected chi connectivity index (χ2v) is 26.2. The Labute approximate surface area is 382 Å². The summed E-state index contributed by atoms with van der Waals surface area (Å²) in [6.07, 6.45) is -10.5. The van der Waals surface area contributed by atoms with Crippen LogP contribution < -0.4 is 39.4 Å². The van der Waals surface area contributed by atoms with Gasteiger partial charge in [-0.2, -0.15) is 0 Å². The molecule has 0 aliphatic carbocycles. The molecular formula is C52H64BF6O5P. The summed E-state index contributed by atoms with van der Waals surface area (Å²) in [7, 11) is -1.36. The zero-order valence-corrected chi connectivity index (χ0v) is 42.0. The summed E-state index contributed by atoms with van der Waals surface area (Å²) in [6.45, 7) is 30.9. The van der Waals surface area contributed by atoms with Crippen LogP contribution in [0.25, 0.3) is 0 Å². The van der Waals surface area contributed by atoms with E-state index in [0.29, 0.717) is 34.4 Å². The van der Waals surface area contributed by atoms with E-state index in [4.69, 9.17) is 14.0 Å². The van der Waals surface area contributed by atoms with Gasteiger partial charge < -0.3 is 0 Å². The summed E-state index contributed by atoms with van der Waals surface area (Å²) in [5.41, 5.74) is 10.3. The van der Waals surface area contributed by atoms with E-state index >= 15 is 0 Å². The minimum absolute atomic E-state index is 0.217. The maximum atomic E-state index is 14.3. The molecule has 5 aromatic carbocycles. The van der Waals surface area contributed by atoms with Crippen molar-refractivity contribution < 1.29 is 49.8 Å². The minimum atomic E-state index is -5.24. The Balaban J connectivity index is 2.05. The first kappa shape index (κ1) is 51.2. The van der Waals surface area contributed by atoms with E-state index in [-0.39, 0.29) is 5.30 Å². The van der Waals surface area contributed by atoms with Gasteiger partial charge in [-0.15, -0.1) is 0 Å². The number of halogens is 6. The van der Waals surface area contributed by atoms with Crippen molar-refractivity contribution in [1.29, 1.82) is 0 Å². The molecule has 0 spiro atoms. The predicted octanol–water partition coefficient (Wildman–Crippen LogP) is 14.1. The summed E-state index contributed by atoms with van der Waals surface area (Å²) >= 11 is 0. The van der Waals surface area contributed by atoms with Gasteiger partial charge in [0, 0.05) is 0 Å². The van der Waals surface area contributed by atoms with E-state index in [1.807, 2.05) is 167 Å². The Morgan fingerprint density at radius 2 is 0.692 bits per heavy atom. The van der Waals surface area contributed by atoms with Gasteiger partial charge in [-0.05, 0) is 0 Å². The Morgan fingerprint density at radius 1 is 0.385 bits per heavy atom. The molecule has 0 heterocycles. The van der Waals surface area contributed by atoms with Crippen molar-refractivity contribution in [2.24, 2.45) is 0 Å². The molecule has 5 rings (SSSR count). The summed E-state index contributed by atoms with van der Waals surface area (Å²) in [5, 5.41) is -0.138. The van der Waals surface area contributed by atoms with Crippen molar-refractivity contribution in [3.8, 4) is 28.7 Å². The van der Waals surface area contributed by atoms with E-state index in [9.17, 15) is 26.3 Å². The molecule has 0 aliphatic heterocycles. The van der Waals surface area contributed by atoms with Crippen molar-refractivity contribution in [3.63, 3.8) is 0 Å². The molecule has 5 aromatic rings. The van der Waals surface area contributed by atoms with E-state index in [2.05, 4.69) is 9.47 Å². The van der Waals surface area contributed by atoms with Crippen LogP contribution >= 0.6 is 6.60 Å². The van der Waals surface area contributed by atoms with Crippen LogP contribution in [0.2, 0.25) is 0 Å². The Kier molecular flexibility index (Phi) is 13.7. The number of alkyl halides is 6. The van der Waals surface area contributed by atoms with Gasteiger partial charge in [-0.1, -0.05) is 0 Å². The fourth-order valence-corrected chi connectivity index (χ4v) is 22.5. The number of ether oxygens (including phenoxy) is 2. The summed E-state index contributed by atoms with van der Waals surface area (Å²) in [4.78, 5) is 0. The first-order chi connectivity index (χ1) is 29.6. The molecule has 0 saturated heterocycles. The van der Waals surface area contributed by atoms with Crippen LogP contribution in [-0.2, 0) is 0 Å². The Morgan fingerprint density at radius 3 is 1.03 bits per heavy atom. The quantitative estimate of drug-likeness (QED) is 0.0750. The Hall–Kier alpha value is -4.83. The molecule has 0 aromatic heterocycles. The summed E-state index contributed by atoms with van der Waals surface area (Å²) in [6, 6.07) is 17.2. The standard InChI is InChI=1S/C52H64BF6O5P/c1-29-19-32(4)44(33(5)20-29)62-53(63-45-34(6)21-30(2)22-35(45)7)64-46-36(8)25-39(11)48(40(46)12)65(49(13,14)15,50(16,17)18,47-37(9)23-31(3)24-38(47)10)43-27-41(60-51(54,55)56)26-42(28-43)61-52(57,58)59/h19-28H,1-18H3. The van der Waals surface area contributed by atoms with Gasteiger partial charge in [0.2, 0.25) is 0 Å². The molecule has 0 atom stereocenters.